The SMILES string of the molecule is CC(C)[C@@H](C(=O)OC(C)(C)C)N1CCC[C@@H]1C(C)(C)[C@H]1CCCO1. The summed E-state index contributed by atoms with van der Waals surface area (Å²) in [5.74, 6) is 0.160. The first-order valence-corrected chi connectivity index (χ1v) is 9.64. The molecule has 2 rings (SSSR count). The summed E-state index contributed by atoms with van der Waals surface area (Å²) in [4.78, 5) is 15.3. The molecule has 0 N–H and O–H groups in total. The number of carbonyl (C=O) groups is 1. The van der Waals surface area contributed by atoms with Gasteiger partial charge in [-0.2, -0.15) is 0 Å². The number of hydrogen-bond donors (Lipinski definition) is 0. The molecular formula is C20H37NO3. The van der Waals surface area contributed by atoms with Gasteiger partial charge in [0.25, 0.3) is 0 Å². The quantitative estimate of drug-likeness (QED) is 0.709. The van der Waals surface area contributed by atoms with Crippen molar-refractivity contribution in [1.82, 2.24) is 4.90 Å². The van der Waals surface area contributed by atoms with Crippen LogP contribution in [0.4, 0.5) is 0 Å². The molecule has 0 spiro atoms. The minimum atomic E-state index is -0.441. The molecule has 2 fully saturated rings. The molecule has 140 valence electrons. The average molecular weight is 340 g/mol. The lowest BCUT2D eigenvalue weighted by Crippen LogP contribution is -2.55. The fourth-order valence-electron chi connectivity index (χ4n) is 4.45. The molecule has 0 aromatic carbocycles. The van der Waals surface area contributed by atoms with Crippen LogP contribution in [-0.2, 0) is 14.3 Å². The van der Waals surface area contributed by atoms with Crippen molar-refractivity contribution in [3.05, 3.63) is 0 Å². The minimum absolute atomic E-state index is 0.0577. The van der Waals surface area contributed by atoms with Crippen LogP contribution in [0.2, 0.25) is 0 Å². The molecule has 0 unspecified atom stereocenters. The smallest absolute Gasteiger partial charge is 0.324 e. The van der Waals surface area contributed by atoms with Crippen LogP contribution in [0.15, 0.2) is 0 Å². The molecule has 4 nitrogen and oxygen atoms in total. The number of hydrogen-bond acceptors (Lipinski definition) is 4. The van der Waals surface area contributed by atoms with E-state index in [-0.39, 0.29) is 23.3 Å². The van der Waals surface area contributed by atoms with Crippen LogP contribution in [0.3, 0.4) is 0 Å². The topological polar surface area (TPSA) is 38.8 Å². The lowest BCUT2D eigenvalue weighted by molar-refractivity contribution is -0.165. The summed E-state index contributed by atoms with van der Waals surface area (Å²) in [5.41, 5.74) is -0.383. The molecule has 2 aliphatic rings. The second-order valence-corrected chi connectivity index (χ2v) is 9.44. The molecule has 24 heavy (non-hydrogen) atoms. The van der Waals surface area contributed by atoms with Crippen LogP contribution in [0, 0.1) is 11.3 Å². The molecule has 0 amide bonds. The van der Waals surface area contributed by atoms with E-state index >= 15 is 0 Å². The highest BCUT2D eigenvalue weighted by molar-refractivity contribution is 5.76. The molecule has 2 heterocycles. The lowest BCUT2D eigenvalue weighted by atomic mass is 9.76. The van der Waals surface area contributed by atoms with Crippen molar-refractivity contribution >= 4 is 5.97 Å². The van der Waals surface area contributed by atoms with Gasteiger partial charge in [-0.15, -0.1) is 0 Å². The summed E-state index contributed by atoms with van der Waals surface area (Å²) >= 11 is 0. The molecule has 0 radical (unpaired) electrons. The van der Waals surface area contributed by atoms with E-state index in [9.17, 15) is 4.79 Å². The zero-order chi connectivity index (χ0) is 18.1. The first kappa shape index (κ1) is 19.7. The van der Waals surface area contributed by atoms with Gasteiger partial charge in [-0.1, -0.05) is 27.7 Å². The van der Waals surface area contributed by atoms with Crippen LogP contribution in [-0.4, -0.2) is 47.8 Å². The first-order chi connectivity index (χ1) is 11.0. The summed E-state index contributed by atoms with van der Waals surface area (Å²) in [7, 11) is 0. The Morgan fingerprint density at radius 2 is 1.79 bits per heavy atom. The Hall–Kier alpha value is -0.610. The highest BCUT2D eigenvalue weighted by Gasteiger charge is 2.48. The average Bonchev–Trinajstić information content (AvgIpc) is 3.07. The second kappa shape index (κ2) is 7.33. The Labute approximate surface area is 148 Å². The van der Waals surface area contributed by atoms with E-state index in [0.717, 1.165) is 38.8 Å². The Morgan fingerprint density at radius 3 is 2.29 bits per heavy atom. The van der Waals surface area contributed by atoms with E-state index in [0.29, 0.717) is 12.1 Å². The zero-order valence-electron chi connectivity index (χ0n) is 16.7. The van der Waals surface area contributed by atoms with Gasteiger partial charge in [0, 0.05) is 18.1 Å². The van der Waals surface area contributed by atoms with Gasteiger partial charge in [0.2, 0.25) is 0 Å². The zero-order valence-corrected chi connectivity index (χ0v) is 16.7. The Kier molecular flexibility index (Phi) is 6.02. The lowest BCUT2D eigenvalue weighted by Gasteiger charge is -2.45. The third-order valence-corrected chi connectivity index (χ3v) is 5.55. The van der Waals surface area contributed by atoms with Gasteiger partial charge in [-0.3, -0.25) is 9.69 Å². The van der Waals surface area contributed by atoms with Gasteiger partial charge in [-0.05, 0) is 58.9 Å². The standard InChI is InChI=1S/C20H37NO3/c1-14(2)17(18(22)24-19(3,4)5)21-12-8-10-15(21)20(6,7)16-11-9-13-23-16/h14-17H,8-13H2,1-7H3/t15-,16-,17+/m1/s1. The normalized spacial score (nSPS) is 27.7. The molecule has 0 aliphatic carbocycles. The Balaban J connectivity index is 2.20. The number of rotatable bonds is 5. The maximum atomic E-state index is 12.9. The Bertz CT molecular complexity index is 433. The van der Waals surface area contributed by atoms with Crippen molar-refractivity contribution in [2.24, 2.45) is 11.3 Å². The highest BCUT2D eigenvalue weighted by atomic mass is 16.6. The third kappa shape index (κ3) is 4.32. The number of esters is 1. The molecule has 4 heteroatoms. The number of likely N-dealkylation sites (tertiary alicyclic amines) is 1. The maximum Gasteiger partial charge on any atom is 0.324 e. The van der Waals surface area contributed by atoms with Gasteiger partial charge in [-0.25, -0.2) is 0 Å². The summed E-state index contributed by atoms with van der Waals surface area (Å²) in [6, 6.07) is 0.206. The Morgan fingerprint density at radius 1 is 1.12 bits per heavy atom. The second-order valence-electron chi connectivity index (χ2n) is 9.44. The minimum Gasteiger partial charge on any atom is -0.459 e. The molecule has 3 atom stereocenters. The van der Waals surface area contributed by atoms with Crippen LogP contribution in [0.1, 0.15) is 74.1 Å². The van der Waals surface area contributed by atoms with Crippen LogP contribution >= 0.6 is 0 Å². The van der Waals surface area contributed by atoms with Crippen LogP contribution < -0.4 is 0 Å². The largest absolute Gasteiger partial charge is 0.459 e. The molecule has 0 bridgehead atoms. The van der Waals surface area contributed by atoms with Crippen molar-refractivity contribution in [3.63, 3.8) is 0 Å². The number of carbonyl (C=O) groups excluding carboxylic acids is 1. The first-order valence-electron chi connectivity index (χ1n) is 9.64. The monoisotopic (exact) mass is 339 g/mol. The van der Waals surface area contributed by atoms with Gasteiger partial charge in [0.1, 0.15) is 11.6 Å². The molecule has 0 aromatic heterocycles. The summed E-state index contributed by atoms with van der Waals surface area (Å²) < 4.78 is 11.8. The number of nitrogens with zero attached hydrogens (tertiary/aromatic N) is 1. The van der Waals surface area contributed by atoms with Crippen LogP contribution in [0.25, 0.3) is 0 Å². The van der Waals surface area contributed by atoms with E-state index in [1.807, 2.05) is 20.8 Å². The molecule has 0 saturated carbocycles. The van der Waals surface area contributed by atoms with Crippen molar-refractivity contribution in [2.45, 2.75) is 97.9 Å². The summed E-state index contributed by atoms with van der Waals surface area (Å²) in [6.07, 6.45) is 4.87. The molecule has 2 saturated heterocycles. The third-order valence-electron chi connectivity index (χ3n) is 5.55. The van der Waals surface area contributed by atoms with E-state index in [1.54, 1.807) is 0 Å². The van der Waals surface area contributed by atoms with Crippen LogP contribution in [0.5, 0.6) is 0 Å². The van der Waals surface area contributed by atoms with Crippen molar-refractivity contribution in [3.8, 4) is 0 Å². The fraction of sp³-hybridized carbons (Fsp3) is 0.950. The van der Waals surface area contributed by atoms with Crippen molar-refractivity contribution < 1.29 is 14.3 Å². The van der Waals surface area contributed by atoms with E-state index in [4.69, 9.17) is 9.47 Å². The summed E-state index contributed by atoms with van der Waals surface area (Å²) in [5, 5.41) is 0. The van der Waals surface area contributed by atoms with Gasteiger partial charge >= 0.3 is 5.97 Å². The van der Waals surface area contributed by atoms with Gasteiger partial charge in [0.05, 0.1) is 6.10 Å². The summed E-state index contributed by atoms with van der Waals surface area (Å²) in [6.45, 7) is 16.6. The molecule has 0 aromatic rings. The number of ether oxygens (including phenoxy) is 2. The molecular weight excluding hydrogens is 302 g/mol. The predicted molar refractivity (Wildman–Crippen MR) is 97.0 cm³/mol. The predicted octanol–water partition coefficient (Wildman–Crippen LogP) is 4.02. The van der Waals surface area contributed by atoms with Gasteiger partial charge in [0.15, 0.2) is 0 Å². The van der Waals surface area contributed by atoms with E-state index < -0.39 is 5.60 Å². The van der Waals surface area contributed by atoms with E-state index in [2.05, 4.69) is 32.6 Å². The molecule has 2 aliphatic heterocycles. The van der Waals surface area contributed by atoms with Crippen molar-refractivity contribution in [2.75, 3.05) is 13.2 Å². The van der Waals surface area contributed by atoms with Crippen molar-refractivity contribution in [1.29, 1.82) is 0 Å². The van der Waals surface area contributed by atoms with E-state index in [1.165, 1.54) is 0 Å². The highest BCUT2D eigenvalue weighted by Crippen LogP contribution is 2.42. The maximum absolute atomic E-state index is 12.9. The fourth-order valence-corrected chi connectivity index (χ4v) is 4.45. The van der Waals surface area contributed by atoms with Gasteiger partial charge < -0.3 is 9.47 Å².